The highest BCUT2D eigenvalue weighted by atomic mass is 35.5. The molecule has 0 saturated carbocycles. The van der Waals surface area contributed by atoms with Crippen molar-refractivity contribution in [3.05, 3.63) is 52.3 Å². The van der Waals surface area contributed by atoms with Crippen LogP contribution < -0.4 is 10.6 Å². The predicted octanol–water partition coefficient (Wildman–Crippen LogP) is 4.46. The Morgan fingerprint density at radius 2 is 2.05 bits per heavy atom. The number of pyridine rings is 1. The molecule has 2 aromatic rings. The van der Waals surface area contributed by atoms with Gasteiger partial charge >= 0.3 is 0 Å². The first kappa shape index (κ1) is 15.6. The largest absolute Gasteiger partial charge is 0.383 e. The van der Waals surface area contributed by atoms with Crippen molar-refractivity contribution >= 4 is 40.5 Å². The summed E-state index contributed by atoms with van der Waals surface area (Å²) in [5.41, 5.74) is 1.68. The topological polar surface area (TPSA) is 54.0 Å². The fourth-order valence-electron chi connectivity index (χ4n) is 1.78. The van der Waals surface area contributed by atoms with Crippen LogP contribution in [0.25, 0.3) is 0 Å². The summed E-state index contributed by atoms with van der Waals surface area (Å²) in [6.07, 6.45) is 4.16. The number of rotatable bonds is 5. The van der Waals surface area contributed by atoms with E-state index in [4.69, 9.17) is 23.2 Å². The molecule has 2 rings (SSSR count). The van der Waals surface area contributed by atoms with Crippen molar-refractivity contribution in [1.29, 1.82) is 0 Å². The lowest BCUT2D eigenvalue weighted by Crippen LogP contribution is -2.15. The Kier molecular flexibility index (Phi) is 5.42. The Hall–Kier alpha value is -1.78. The second-order valence-corrected chi connectivity index (χ2v) is 5.27. The molecular weight excluding hydrogens is 309 g/mol. The van der Waals surface area contributed by atoms with E-state index in [0.29, 0.717) is 27.0 Å². The normalized spacial score (nSPS) is 10.2. The zero-order chi connectivity index (χ0) is 15.2. The molecule has 2 N–H and O–H groups in total. The number of hydrogen-bond acceptors (Lipinski definition) is 3. The number of aromatic nitrogens is 1. The molecule has 4 nitrogen and oxygen atoms in total. The molecule has 1 amide bonds. The van der Waals surface area contributed by atoms with Crippen molar-refractivity contribution in [3.63, 3.8) is 0 Å². The van der Waals surface area contributed by atoms with Crippen LogP contribution in [0.15, 0.2) is 36.7 Å². The van der Waals surface area contributed by atoms with Gasteiger partial charge in [-0.2, -0.15) is 0 Å². The summed E-state index contributed by atoms with van der Waals surface area (Å²) in [5, 5.41) is 6.88. The summed E-state index contributed by atoms with van der Waals surface area (Å²) in [5.74, 6) is -0.264. The van der Waals surface area contributed by atoms with Gasteiger partial charge < -0.3 is 10.6 Å². The van der Waals surface area contributed by atoms with Gasteiger partial charge in [0.1, 0.15) is 0 Å². The van der Waals surface area contributed by atoms with Gasteiger partial charge in [-0.15, -0.1) is 0 Å². The summed E-state index contributed by atoms with van der Waals surface area (Å²) in [4.78, 5) is 16.4. The molecule has 110 valence electrons. The second kappa shape index (κ2) is 7.29. The molecule has 0 bridgehead atoms. The van der Waals surface area contributed by atoms with Crippen LogP contribution in [-0.2, 0) is 0 Å². The molecule has 0 aliphatic heterocycles. The highest BCUT2D eigenvalue weighted by molar-refractivity contribution is 6.36. The van der Waals surface area contributed by atoms with E-state index in [1.165, 1.54) is 0 Å². The molecule has 0 radical (unpaired) electrons. The van der Waals surface area contributed by atoms with Gasteiger partial charge in [-0.25, -0.2) is 0 Å². The van der Waals surface area contributed by atoms with E-state index in [1.807, 2.05) is 0 Å². The second-order valence-electron chi connectivity index (χ2n) is 4.43. The quantitative estimate of drug-likeness (QED) is 0.853. The summed E-state index contributed by atoms with van der Waals surface area (Å²) in [7, 11) is 0. The van der Waals surface area contributed by atoms with Crippen molar-refractivity contribution < 1.29 is 4.79 Å². The van der Waals surface area contributed by atoms with Gasteiger partial charge in [0, 0.05) is 17.8 Å². The summed E-state index contributed by atoms with van der Waals surface area (Å²) in [6, 6.07) is 6.58. The molecule has 0 aliphatic carbocycles. The van der Waals surface area contributed by atoms with Gasteiger partial charge in [0.05, 0.1) is 28.2 Å². The summed E-state index contributed by atoms with van der Waals surface area (Å²) in [6.45, 7) is 2.82. The number of anilines is 2. The van der Waals surface area contributed by atoms with Gasteiger partial charge in [0.15, 0.2) is 0 Å². The first-order chi connectivity index (χ1) is 10.1. The summed E-state index contributed by atoms with van der Waals surface area (Å²) < 4.78 is 0. The lowest BCUT2D eigenvalue weighted by molar-refractivity contribution is 0.102. The van der Waals surface area contributed by atoms with E-state index >= 15 is 0 Å². The minimum Gasteiger partial charge on any atom is -0.383 e. The van der Waals surface area contributed by atoms with Crippen molar-refractivity contribution in [3.8, 4) is 0 Å². The zero-order valence-electron chi connectivity index (χ0n) is 11.5. The zero-order valence-corrected chi connectivity index (χ0v) is 13.0. The fraction of sp³-hybridized carbons (Fsp3) is 0.200. The SMILES string of the molecule is CCCNc1cnccc1C(=O)Nc1cc(Cl)ccc1Cl. The minimum atomic E-state index is -0.264. The molecule has 6 heteroatoms. The van der Waals surface area contributed by atoms with Crippen LogP contribution in [-0.4, -0.2) is 17.4 Å². The number of nitrogens with one attached hydrogen (secondary N) is 2. The van der Waals surface area contributed by atoms with Crippen LogP contribution in [0.4, 0.5) is 11.4 Å². The monoisotopic (exact) mass is 323 g/mol. The molecule has 0 saturated heterocycles. The maximum atomic E-state index is 12.4. The highest BCUT2D eigenvalue weighted by Gasteiger charge is 2.13. The molecular formula is C15H15Cl2N3O. The molecule has 0 spiro atoms. The van der Waals surface area contributed by atoms with Gasteiger partial charge in [0.2, 0.25) is 0 Å². The maximum absolute atomic E-state index is 12.4. The molecule has 1 aromatic carbocycles. The molecule has 0 atom stereocenters. The number of hydrogen-bond donors (Lipinski definition) is 2. The molecule has 0 aliphatic rings. The third kappa shape index (κ3) is 4.09. The van der Waals surface area contributed by atoms with Crippen LogP contribution >= 0.6 is 23.2 Å². The number of carbonyl (C=O) groups excluding carboxylic acids is 1. The van der Waals surface area contributed by atoms with Gasteiger partial charge in [-0.1, -0.05) is 30.1 Å². The van der Waals surface area contributed by atoms with Crippen LogP contribution in [0, 0.1) is 0 Å². The third-order valence-corrected chi connectivity index (χ3v) is 3.37. The lowest BCUT2D eigenvalue weighted by atomic mass is 10.2. The van der Waals surface area contributed by atoms with Gasteiger partial charge in [-0.3, -0.25) is 9.78 Å². The van der Waals surface area contributed by atoms with Crippen LogP contribution in [0.1, 0.15) is 23.7 Å². The lowest BCUT2D eigenvalue weighted by Gasteiger charge is -2.12. The standard InChI is InChI=1S/C15H15Cl2N3O/c1-2-6-19-14-9-18-7-5-11(14)15(21)20-13-8-10(16)3-4-12(13)17/h3-5,7-9,19H,2,6H2,1H3,(H,20,21). The first-order valence-corrected chi connectivity index (χ1v) is 7.31. The smallest absolute Gasteiger partial charge is 0.257 e. The van der Waals surface area contributed by atoms with E-state index in [0.717, 1.165) is 13.0 Å². The number of benzene rings is 1. The van der Waals surface area contributed by atoms with Crippen molar-refractivity contribution in [1.82, 2.24) is 4.98 Å². The number of amides is 1. The van der Waals surface area contributed by atoms with E-state index in [9.17, 15) is 4.79 Å². The number of nitrogens with zero attached hydrogens (tertiary/aromatic N) is 1. The molecule has 0 unspecified atom stereocenters. The van der Waals surface area contributed by atoms with E-state index in [1.54, 1.807) is 36.7 Å². The molecule has 0 fully saturated rings. The van der Waals surface area contributed by atoms with Crippen molar-refractivity contribution in [2.75, 3.05) is 17.2 Å². The van der Waals surface area contributed by atoms with E-state index in [2.05, 4.69) is 22.5 Å². The Morgan fingerprint density at radius 3 is 2.81 bits per heavy atom. The van der Waals surface area contributed by atoms with E-state index in [-0.39, 0.29) is 5.91 Å². The maximum Gasteiger partial charge on any atom is 0.257 e. The Morgan fingerprint density at radius 1 is 1.24 bits per heavy atom. The highest BCUT2D eigenvalue weighted by Crippen LogP contribution is 2.26. The fourth-order valence-corrected chi connectivity index (χ4v) is 2.11. The van der Waals surface area contributed by atoms with Crippen molar-refractivity contribution in [2.24, 2.45) is 0 Å². The summed E-state index contributed by atoms with van der Waals surface area (Å²) >= 11 is 12.0. The third-order valence-electron chi connectivity index (χ3n) is 2.81. The predicted molar refractivity (Wildman–Crippen MR) is 87.4 cm³/mol. The Balaban J connectivity index is 2.22. The average molecular weight is 324 g/mol. The van der Waals surface area contributed by atoms with Crippen LogP contribution in [0.2, 0.25) is 10.0 Å². The van der Waals surface area contributed by atoms with Crippen LogP contribution in [0.5, 0.6) is 0 Å². The first-order valence-electron chi connectivity index (χ1n) is 6.56. The van der Waals surface area contributed by atoms with Crippen molar-refractivity contribution in [2.45, 2.75) is 13.3 Å². The number of halogens is 2. The van der Waals surface area contributed by atoms with E-state index < -0.39 is 0 Å². The van der Waals surface area contributed by atoms with Gasteiger partial charge in [0.25, 0.3) is 5.91 Å². The Bertz CT molecular complexity index is 647. The molecule has 1 aromatic heterocycles. The number of carbonyl (C=O) groups is 1. The Labute approximate surface area is 133 Å². The molecule has 21 heavy (non-hydrogen) atoms. The van der Waals surface area contributed by atoms with Crippen LogP contribution in [0.3, 0.4) is 0 Å². The van der Waals surface area contributed by atoms with Gasteiger partial charge in [-0.05, 0) is 30.7 Å². The molecule has 1 heterocycles. The average Bonchev–Trinajstić information content (AvgIpc) is 2.49. The minimum absolute atomic E-state index is 0.264.